The van der Waals surface area contributed by atoms with Crippen molar-refractivity contribution in [2.75, 3.05) is 5.32 Å². The lowest BCUT2D eigenvalue weighted by molar-refractivity contribution is -0.253. The predicted molar refractivity (Wildman–Crippen MR) is 80.9 cm³/mol. The third-order valence-electron chi connectivity index (χ3n) is 3.04. The molecule has 144 valence electrons. The molecule has 27 heavy (non-hydrogen) atoms. The van der Waals surface area contributed by atoms with Gasteiger partial charge in [0.2, 0.25) is 0 Å². The van der Waals surface area contributed by atoms with Crippen molar-refractivity contribution in [1.82, 2.24) is 5.32 Å². The maximum Gasteiger partial charge on any atom is 0.461 e. The number of imide groups is 1. The Kier molecular flexibility index (Phi) is 5.93. The van der Waals surface area contributed by atoms with Gasteiger partial charge < -0.3 is 10.1 Å². The fourth-order valence-corrected chi connectivity index (χ4v) is 1.85. The van der Waals surface area contributed by atoms with Crippen molar-refractivity contribution in [2.24, 2.45) is 0 Å². The zero-order valence-corrected chi connectivity index (χ0v) is 13.1. The largest absolute Gasteiger partial charge is 0.461 e. The number of hydrogen-bond acceptors (Lipinski definition) is 3. The molecule has 0 atom stereocenters. The fourth-order valence-electron chi connectivity index (χ4n) is 1.85. The van der Waals surface area contributed by atoms with E-state index in [1.54, 1.807) is 5.32 Å². The zero-order chi connectivity index (χ0) is 20.2. The van der Waals surface area contributed by atoms with Gasteiger partial charge in [-0.05, 0) is 36.4 Å². The summed E-state index contributed by atoms with van der Waals surface area (Å²) in [5.41, 5.74) is -1.01. The van der Waals surface area contributed by atoms with E-state index in [4.69, 9.17) is 0 Å². The Morgan fingerprint density at radius 1 is 0.963 bits per heavy atom. The van der Waals surface area contributed by atoms with Crippen LogP contribution in [0.3, 0.4) is 0 Å². The average Bonchev–Trinajstić information content (AvgIpc) is 2.56. The van der Waals surface area contributed by atoms with Gasteiger partial charge >= 0.3 is 18.6 Å². The normalized spacial score (nSPS) is 11.2. The number of benzene rings is 2. The quantitative estimate of drug-likeness (QED) is 0.751. The summed E-state index contributed by atoms with van der Waals surface area (Å²) in [4.78, 5) is 23.4. The molecule has 0 fully saturated rings. The van der Waals surface area contributed by atoms with Gasteiger partial charge in [0.15, 0.2) is 0 Å². The third kappa shape index (κ3) is 5.12. The summed E-state index contributed by atoms with van der Waals surface area (Å²) in [6.45, 7) is 0. The summed E-state index contributed by atoms with van der Waals surface area (Å²) < 4.78 is 80.3. The van der Waals surface area contributed by atoms with Crippen molar-refractivity contribution in [2.45, 2.75) is 12.5 Å². The molecule has 0 radical (unpaired) electrons. The number of halogens is 6. The van der Waals surface area contributed by atoms with Gasteiger partial charge in [0.1, 0.15) is 22.9 Å². The van der Waals surface area contributed by atoms with Gasteiger partial charge in [0, 0.05) is 5.69 Å². The van der Waals surface area contributed by atoms with E-state index in [2.05, 4.69) is 10.1 Å². The van der Waals surface area contributed by atoms with Crippen LogP contribution in [0.4, 0.5) is 36.8 Å². The van der Waals surface area contributed by atoms with E-state index in [1.807, 2.05) is 0 Å². The van der Waals surface area contributed by atoms with Crippen LogP contribution in [0.25, 0.3) is 0 Å². The van der Waals surface area contributed by atoms with Gasteiger partial charge in [-0.25, -0.2) is 13.6 Å². The molecule has 2 aromatic carbocycles. The lowest BCUT2D eigenvalue weighted by Crippen LogP contribution is -2.35. The lowest BCUT2D eigenvalue weighted by atomic mass is 10.2. The highest BCUT2D eigenvalue weighted by Crippen LogP contribution is 2.28. The Morgan fingerprint density at radius 3 is 2.04 bits per heavy atom. The molecular formula is C16H10F6N2O3. The molecule has 3 amide bonds. The highest BCUT2D eigenvalue weighted by atomic mass is 19.3. The number of carbonyl (C=O) groups excluding carboxylic acids is 2. The Hall–Kier alpha value is -3.24. The van der Waals surface area contributed by atoms with Gasteiger partial charge in [-0.15, -0.1) is 0 Å². The van der Waals surface area contributed by atoms with E-state index in [-0.39, 0.29) is 5.69 Å². The summed E-state index contributed by atoms with van der Waals surface area (Å²) in [5, 5.41) is 3.76. The molecule has 2 rings (SSSR count). The Balaban J connectivity index is 1.99. The number of rotatable bonds is 5. The van der Waals surface area contributed by atoms with E-state index < -0.39 is 47.4 Å². The van der Waals surface area contributed by atoms with Crippen LogP contribution in [0.2, 0.25) is 0 Å². The first-order chi connectivity index (χ1) is 12.6. The molecule has 0 heterocycles. The van der Waals surface area contributed by atoms with Crippen LogP contribution >= 0.6 is 0 Å². The van der Waals surface area contributed by atoms with Gasteiger partial charge in [-0.1, -0.05) is 6.07 Å². The number of hydrogen-bond donors (Lipinski definition) is 2. The van der Waals surface area contributed by atoms with Crippen LogP contribution in [-0.2, 0) is 0 Å². The maximum absolute atomic E-state index is 13.5. The summed E-state index contributed by atoms with van der Waals surface area (Å²) in [5.74, 6) is -4.31. The summed E-state index contributed by atoms with van der Waals surface area (Å²) in [6, 6.07) is 5.27. The molecule has 0 bridgehead atoms. The van der Waals surface area contributed by atoms with E-state index in [1.165, 1.54) is 0 Å². The third-order valence-corrected chi connectivity index (χ3v) is 3.04. The molecule has 0 spiro atoms. The lowest BCUT2D eigenvalue weighted by Gasteiger charge is -2.17. The van der Waals surface area contributed by atoms with Gasteiger partial charge in [0.05, 0.1) is 0 Å². The minimum Gasteiger partial charge on any atom is -0.428 e. The average molecular weight is 392 g/mol. The van der Waals surface area contributed by atoms with E-state index in [0.29, 0.717) is 0 Å². The summed E-state index contributed by atoms with van der Waals surface area (Å²) in [7, 11) is 0. The smallest absolute Gasteiger partial charge is 0.428 e. The highest BCUT2D eigenvalue weighted by molar-refractivity contribution is 6.08. The molecule has 0 aliphatic carbocycles. The number of anilines is 1. The second-order valence-electron chi connectivity index (χ2n) is 4.99. The summed E-state index contributed by atoms with van der Waals surface area (Å²) in [6.07, 6.45) is -8.73. The Bertz CT molecular complexity index is 822. The van der Waals surface area contributed by atoms with Crippen molar-refractivity contribution in [3.63, 3.8) is 0 Å². The van der Waals surface area contributed by atoms with Crippen molar-refractivity contribution in [3.05, 3.63) is 59.7 Å². The molecule has 0 saturated carbocycles. The molecule has 2 N–H and O–H groups in total. The molecular weight excluding hydrogens is 382 g/mol. The van der Waals surface area contributed by atoms with E-state index in [9.17, 15) is 35.9 Å². The monoisotopic (exact) mass is 392 g/mol. The number of carbonyl (C=O) groups is 2. The second-order valence-corrected chi connectivity index (χ2v) is 4.99. The standard InChI is InChI=1S/C16H10F6N2O3/c17-10-2-1-3-11(18)12(10)13(25)24-15(26)23-8-4-6-9(7-5-8)27-16(21,22)14(19)20/h1-7,14H,(H2,23,24,25,26). The SMILES string of the molecule is O=C(NC(=O)c1c(F)cccc1F)Nc1ccc(OC(F)(F)C(F)F)cc1. The zero-order valence-electron chi connectivity index (χ0n) is 13.1. The van der Waals surface area contributed by atoms with Gasteiger partial charge in [0.25, 0.3) is 5.91 Å². The van der Waals surface area contributed by atoms with Gasteiger partial charge in [-0.2, -0.15) is 17.6 Å². The topological polar surface area (TPSA) is 67.4 Å². The molecule has 5 nitrogen and oxygen atoms in total. The molecule has 0 aromatic heterocycles. The van der Waals surface area contributed by atoms with Crippen molar-refractivity contribution in [3.8, 4) is 5.75 Å². The highest BCUT2D eigenvalue weighted by Gasteiger charge is 2.43. The van der Waals surface area contributed by atoms with Crippen LogP contribution in [0, 0.1) is 11.6 Å². The molecule has 0 aliphatic heterocycles. The molecule has 0 unspecified atom stereocenters. The molecule has 11 heteroatoms. The van der Waals surface area contributed by atoms with Crippen molar-refractivity contribution >= 4 is 17.6 Å². The minimum absolute atomic E-state index is 0.0398. The maximum atomic E-state index is 13.5. The first-order valence-electron chi connectivity index (χ1n) is 7.11. The molecule has 0 saturated heterocycles. The van der Waals surface area contributed by atoms with Crippen molar-refractivity contribution < 1.29 is 40.7 Å². The Labute approximate surface area is 147 Å². The van der Waals surface area contributed by atoms with Crippen LogP contribution in [-0.4, -0.2) is 24.5 Å². The minimum atomic E-state index is -4.69. The first-order valence-corrected chi connectivity index (χ1v) is 7.11. The number of amides is 3. The number of urea groups is 1. The van der Waals surface area contributed by atoms with Crippen molar-refractivity contribution in [1.29, 1.82) is 0 Å². The second kappa shape index (κ2) is 7.98. The first kappa shape index (κ1) is 20.1. The van der Waals surface area contributed by atoms with Crippen LogP contribution in [0.15, 0.2) is 42.5 Å². The molecule has 2 aromatic rings. The number of ether oxygens (including phenoxy) is 1. The predicted octanol–water partition coefficient (Wildman–Crippen LogP) is 4.16. The van der Waals surface area contributed by atoms with E-state index in [0.717, 1.165) is 42.5 Å². The summed E-state index contributed by atoms with van der Waals surface area (Å²) >= 11 is 0. The van der Waals surface area contributed by atoms with Gasteiger partial charge in [-0.3, -0.25) is 10.1 Å². The van der Waals surface area contributed by atoms with Crippen LogP contribution in [0.1, 0.15) is 10.4 Å². The fraction of sp³-hybridized carbons (Fsp3) is 0.125. The number of alkyl halides is 4. The van der Waals surface area contributed by atoms with E-state index >= 15 is 0 Å². The Morgan fingerprint density at radius 2 is 1.52 bits per heavy atom. The number of nitrogens with one attached hydrogen (secondary N) is 2. The van der Waals surface area contributed by atoms with Crippen LogP contribution < -0.4 is 15.4 Å². The molecule has 0 aliphatic rings. The van der Waals surface area contributed by atoms with Crippen LogP contribution in [0.5, 0.6) is 5.75 Å².